The smallest absolute Gasteiger partial charge is 0.131 e. The van der Waals surface area contributed by atoms with Gasteiger partial charge in [0.25, 0.3) is 0 Å². The van der Waals surface area contributed by atoms with E-state index in [1.165, 1.54) is 6.07 Å². The Kier molecular flexibility index (Phi) is 5.23. The molecule has 0 saturated carbocycles. The zero-order valence-corrected chi connectivity index (χ0v) is 13.6. The van der Waals surface area contributed by atoms with Crippen molar-refractivity contribution in [2.75, 3.05) is 26.2 Å². The number of ether oxygens (including phenoxy) is 1. The number of hydrogen-bond donors (Lipinski definition) is 1. The third-order valence-corrected chi connectivity index (χ3v) is 4.44. The second kappa shape index (κ2) is 7.38. The number of aryl methyl sites for hydroxylation is 1. The van der Waals surface area contributed by atoms with E-state index in [9.17, 15) is 13.9 Å². The number of halogens is 2. The molecule has 2 atom stereocenters. The SMILES string of the molecule is Cc1ccccc1C1CN(CC(O)c2ccc(F)cc2F)CCO1. The second-order valence-corrected chi connectivity index (χ2v) is 6.16. The number of hydrogen-bond acceptors (Lipinski definition) is 3. The molecule has 1 fully saturated rings. The fourth-order valence-electron chi connectivity index (χ4n) is 3.12. The van der Waals surface area contributed by atoms with Crippen molar-refractivity contribution < 1.29 is 18.6 Å². The summed E-state index contributed by atoms with van der Waals surface area (Å²) in [6.07, 6.45) is -1.06. The van der Waals surface area contributed by atoms with Crippen molar-refractivity contribution in [3.63, 3.8) is 0 Å². The Morgan fingerprint density at radius 3 is 2.79 bits per heavy atom. The van der Waals surface area contributed by atoms with Crippen LogP contribution in [0.1, 0.15) is 28.9 Å². The van der Waals surface area contributed by atoms with E-state index in [-0.39, 0.29) is 18.2 Å². The van der Waals surface area contributed by atoms with Crippen molar-refractivity contribution in [2.24, 2.45) is 0 Å². The third kappa shape index (κ3) is 3.80. The highest BCUT2D eigenvalue weighted by Gasteiger charge is 2.25. The summed E-state index contributed by atoms with van der Waals surface area (Å²) in [6, 6.07) is 11.3. The van der Waals surface area contributed by atoms with Crippen LogP contribution in [0.25, 0.3) is 0 Å². The van der Waals surface area contributed by atoms with Crippen molar-refractivity contribution in [3.8, 4) is 0 Å². The molecule has 3 nitrogen and oxygen atoms in total. The lowest BCUT2D eigenvalue weighted by atomic mass is 10.0. The van der Waals surface area contributed by atoms with Crippen LogP contribution >= 0.6 is 0 Å². The minimum Gasteiger partial charge on any atom is -0.387 e. The molecule has 24 heavy (non-hydrogen) atoms. The predicted octanol–water partition coefficient (Wildman–Crippen LogP) is 3.38. The fourth-order valence-corrected chi connectivity index (χ4v) is 3.12. The third-order valence-electron chi connectivity index (χ3n) is 4.44. The van der Waals surface area contributed by atoms with E-state index in [0.717, 1.165) is 23.3 Å². The van der Waals surface area contributed by atoms with Crippen molar-refractivity contribution in [1.29, 1.82) is 0 Å². The summed E-state index contributed by atoms with van der Waals surface area (Å²) in [7, 11) is 0. The first-order valence-electron chi connectivity index (χ1n) is 8.07. The maximum absolute atomic E-state index is 13.8. The predicted molar refractivity (Wildman–Crippen MR) is 87.6 cm³/mol. The van der Waals surface area contributed by atoms with Gasteiger partial charge in [-0.25, -0.2) is 8.78 Å². The largest absolute Gasteiger partial charge is 0.387 e. The van der Waals surface area contributed by atoms with Crippen LogP contribution in [-0.2, 0) is 4.74 Å². The van der Waals surface area contributed by atoms with E-state index in [2.05, 4.69) is 0 Å². The molecular weight excluding hydrogens is 312 g/mol. The van der Waals surface area contributed by atoms with Gasteiger partial charge in [-0.2, -0.15) is 0 Å². The molecule has 0 radical (unpaired) electrons. The molecule has 128 valence electrons. The van der Waals surface area contributed by atoms with E-state index < -0.39 is 17.7 Å². The molecule has 0 aromatic heterocycles. The Morgan fingerprint density at radius 2 is 2.04 bits per heavy atom. The number of β-amino-alcohol motifs (C(OH)–C–C–N with tert-alkyl or cyclic N) is 1. The summed E-state index contributed by atoms with van der Waals surface area (Å²) in [6.45, 7) is 4.18. The number of nitrogens with zero attached hydrogens (tertiary/aromatic N) is 1. The zero-order valence-electron chi connectivity index (χ0n) is 13.6. The van der Waals surface area contributed by atoms with Crippen LogP contribution in [0.3, 0.4) is 0 Å². The summed E-state index contributed by atoms with van der Waals surface area (Å²) in [5.41, 5.74) is 2.41. The molecule has 3 rings (SSSR count). The first-order valence-corrected chi connectivity index (χ1v) is 8.07. The molecule has 0 spiro atoms. The highest BCUT2D eigenvalue weighted by Crippen LogP contribution is 2.26. The average Bonchev–Trinajstić information content (AvgIpc) is 2.55. The molecular formula is C19H21F2NO2. The first kappa shape index (κ1) is 17.0. The van der Waals surface area contributed by atoms with E-state index in [1.54, 1.807) is 0 Å². The quantitative estimate of drug-likeness (QED) is 0.931. The molecule has 2 aromatic carbocycles. The lowest BCUT2D eigenvalue weighted by molar-refractivity contribution is -0.0429. The van der Waals surface area contributed by atoms with Gasteiger partial charge in [0.1, 0.15) is 11.6 Å². The van der Waals surface area contributed by atoms with E-state index in [4.69, 9.17) is 4.74 Å². The van der Waals surface area contributed by atoms with Gasteiger partial charge in [0.05, 0.1) is 18.8 Å². The van der Waals surface area contributed by atoms with Gasteiger partial charge in [-0.05, 0) is 24.1 Å². The van der Waals surface area contributed by atoms with Crippen molar-refractivity contribution in [1.82, 2.24) is 4.90 Å². The lowest BCUT2D eigenvalue weighted by Crippen LogP contribution is -2.40. The summed E-state index contributed by atoms with van der Waals surface area (Å²) in [4.78, 5) is 2.05. The summed E-state index contributed by atoms with van der Waals surface area (Å²) < 4.78 is 32.7. The normalized spacial score (nSPS) is 20.1. The topological polar surface area (TPSA) is 32.7 Å². The van der Waals surface area contributed by atoms with Gasteiger partial charge in [0.2, 0.25) is 0 Å². The second-order valence-electron chi connectivity index (χ2n) is 6.16. The van der Waals surface area contributed by atoms with Gasteiger partial charge in [-0.3, -0.25) is 4.90 Å². The van der Waals surface area contributed by atoms with Crippen LogP contribution in [0.4, 0.5) is 8.78 Å². The molecule has 2 unspecified atom stereocenters. The molecule has 0 bridgehead atoms. The van der Waals surface area contributed by atoms with Gasteiger partial charge >= 0.3 is 0 Å². The van der Waals surface area contributed by atoms with E-state index in [0.29, 0.717) is 19.7 Å². The maximum Gasteiger partial charge on any atom is 0.131 e. The van der Waals surface area contributed by atoms with Crippen LogP contribution in [0.5, 0.6) is 0 Å². The number of aliphatic hydroxyl groups excluding tert-OH is 1. The van der Waals surface area contributed by atoms with Gasteiger partial charge in [0.15, 0.2) is 0 Å². The summed E-state index contributed by atoms with van der Waals surface area (Å²) in [5.74, 6) is -1.36. The standard InChI is InChI=1S/C19H21F2NO2/c1-13-4-2-3-5-15(13)19-12-22(8-9-24-19)11-18(23)16-7-6-14(20)10-17(16)21/h2-7,10,18-19,23H,8-9,11-12H2,1H3. The Morgan fingerprint density at radius 1 is 1.25 bits per heavy atom. The van der Waals surface area contributed by atoms with E-state index >= 15 is 0 Å². The zero-order chi connectivity index (χ0) is 17.1. The summed E-state index contributed by atoms with van der Waals surface area (Å²) in [5, 5.41) is 10.3. The molecule has 5 heteroatoms. The number of morpholine rings is 1. The summed E-state index contributed by atoms with van der Waals surface area (Å²) >= 11 is 0. The first-order chi connectivity index (χ1) is 11.5. The Labute approximate surface area is 140 Å². The highest BCUT2D eigenvalue weighted by molar-refractivity contribution is 5.28. The number of rotatable bonds is 4. The lowest BCUT2D eigenvalue weighted by Gasteiger charge is -2.34. The van der Waals surface area contributed by atoms with Gasteiger partial charge in [0, 0.05) is 31.3 Å². The average molecular weight is 333 g/mol. The fraction of sp³-hybridized carbons (Fsp3) is 0.368. The van der Waals surface area contributed by atoms with Crippen LogP contribution in [0.2, 0.25) is 0 Å². The van der Waals surface area contributed by atoms with Crippen molar-refractivity contribution in [2.45, 2.75) is 19.1 Å². The number of benzene rings is 2. The Hall–Kier alpha value is -1.82. The number of aliphatic hydroxyl groups is 1. The maximum atomic E-state index is 13.8. The van der Waals surface area contributed by atoms with Crippen molar-refractivity contribution >= 4 is 0 Å². The van der Waals surface area contributed by atoms with Gasteiger partial charge in [-0.15, -0.1) is 0 Å². The molecule has 1 saturated heterocycles. The minimum atomic E-state index is -0.999. The van der Waals surface area contributed by atoms with E-state index in [1.807, 2.05) is 36.1 Å². The molecule has 1 aliphatic rings. The van der Waals surface area contributed by atoms with Crippen LogP contribution in [-0.4, -0.2) is 36.2 Å². The molecule has 1 aliphatic heterocycles. The Bertz CT molecular complexity index is 708. The molecule has 1 heterocycles. The molecule has 1 N–H and O–H groups in total. The van der Waals surface area contributed by atoms with Crippen LogP contribution in [0, 0.1) is 18.6 Å². The van der Waals surface area contributed by atoms with Gasteiger partial charge < -0.3 is 9.84 Å². The monoisotopic (exact) mass is 333 g/mol. The van der Waals surface area contributed by atoms with Crippen molar-refractivity contribution in [3.05, 3.63) is 70.8 Å². The minimum absolute atomic E-state index is 0.0646. The van der Waals surface area contributed by atoms with Crippen LogP contribution in [0.15, 0.2) is 42.5 Å². The van der Waals surface area contributed by atoms with Crippen LogP contribution < -0.4 is 0 Å². The van der Waals surface area contributed by atoms with Gasteiger partial charge in [-0.1, -0.05) is 30.3 Å². The molecule has 0 amide bonds. The molecule has 2 aromatic rings. The molecule has 0 aliphatic carbocycles. The highest BCUT2D eigenvalue weighted by atomic mass is 19.1. The Balaban J connectivity index is 1.68.